The molecule has 2 atom stereocenters. The van der Waals surface area contributed by atoms with Gasteiger partial charge in [0.2, 0.25) is 5.91 Å². The summed E-state index contributed by atoms with van der Waals surface area (Å²) < 4.78 is 0. The van der Waals surface area contributed by atoms with E-state index in [9.17, 15) is 14.4 Å². The third-order valence-corrected chi connectivity index (χ3v) is 5.31. The Kier molecular flexibility index (Phi) is 4.73. The van der Waals surface area contributed by atoms with E-state index in [4.69, 9.17) is 11.6 Å². The molecule has 1 spiro atoms. The van der Waals surface area contributed by atoms with E-state index in [2.05, 4.69) is 31.4 Å². The van der Waals surface area contributed by atoms with Gasteiger partial charge in [-0.25, -0.2) is 4.79 Å². The number of carbonyl (C=O) groups is 3. The van der Waals surface area contributed by atoms with Crippen molar-refractivity contribution in [2.45, 2.75) is 45.6 Å². The lowest BCUT2D eigenvalue weighted by Crippen LogP contribution is -2.54. The molecule has 4 amide bonds. The maximum absolute atomic E-state index is 13.0. The number of urea groups is 1. The fourth-order valence-electron chi connectivity index (χ4n) is 4.53. The van der Waals surface area contributed by atoms with Crippen LogP contribution in [0.2, 0.25) is 5.02 Å². The van der Waals surface area contributed by atoms with Crippen LogP contribution in [-0.4, -0.2) is 34.8 Å². The van der Waals surface area contributed by atoms with Gasteiger partial charge in [-0.05, 0) is 54.9 Å². The molecule has 3 rings (SSSR count). The Hall–Kier alpha value is -2.08. The van der Waals surface area contributed by atoms with Crippen molar-refractivity contribution in [1.29, 1.82) is 0 Å². The van der Waals surface area contributed by atoms with Crippen molar-refractivity contribution in [2.75, 3.05) is 11.9 Å². The van der Waals surface area contributed by atoms with Crippen molar-refractivity contribution >= 4 is 35.1 Å². The molecule has 1 aliphatic carbocycles. The first-order chi connectivity index (χ1) is 12.1. The van der Waals surface area contributed by atoms with E-state index in [0.29, 0.717) is 29.5 Å². The largest absolute Gasteiger partial charge is 0.325 e. The predicted octanol–water partition coefficient (Wildman–Crippen LogP) is 3.42. The molecule has 2 fully saturated rings. The fraction of sp³-hybridized carbons (Fsp3) is 0.526. The molecule has 140 valence electrons. The summed E-state index contributed by atoms with van der Waals surface area (Å²) in [7, 11) is 0. The first kappa shape index (κ1) is 18.7. The molecule has 1 aromatic carbocycles. The minimum atomic E-state index is -0.890. The van der Waals surface area contributed by atoms with Gasteiger partial charge in [0.15, 0.2) is 0 Å². The summed E-state index contributed by atoms with van der Waals surface area (Å²) >= 11 is 5.82. The van der Waals surface area contributed by atoms with Crippen LogP contribution < -0.4 is 10.6 Å². The van der Waals surface area contributed by atoms with Crippen LogP contribution in [-0.2, 0) is 9.59 Å². The molecule has 26 heavy (non-hydrogen) atoms. The third-order valence-electron chi connectivity index (χ3n) is 5.05. The monoisotopic (exact) mass is 377 g/mol. The van der Waals surface area contributed by atoms with Crippen LogP contribution in [0.1, 0.15) is 40.0 Å². The maximum atomic E-state index is 13.0. The number of halogens is 1. The quantitative estimate of drug-likeness (QED) is 0.792. The molecule has 1 heterocycles. The van der Waals surface area contributed by atoms with Crippen LogP contribution in [0, 0.1) is 11.3 Å². The molecule has 0 radical (unpaired) electrons. The molecule has 0 aromatic heterocycles. The Balaban J connectivity index is 1.71. The predicted molar refractivity (Wildman–Crippen MR) is 99.9 cm³/mol. The average molecular weight is 378 g/mol. The minimum Gasteiger partial charge on any atom is -0.325 e. The van der Waals surface area contributed by atoms with Crippen molar-refractivity contribution in [3.63, 3.8) is 0 Å². The summed E-state index contributed by atoms with van der Waals surface area (Å²) in [5, 5.41) is 6.12. The van der Waals surface area contributed by atoms with E-state index >= 15 is 0 Å². The van der Waals surface area contributed by atoms with Crippen molar-refractivity contribution in [3.8, 4) is 0 Å². The molecule has 7 heteroatoms. The number of nitrogens with zero attached hydrogens (tertiary/aromatic N) is 1. The van der Waals surface area contributed by atoms with Gasteiger partial charge in [0, 0.05) is 10.7 Å². The number of anilines is 1. The van der Waals surface area contributed by atoms with Gasteiger partial charge in [0.1, 0.15) is 12.1 Å². The van der Waals surface area contributed by atoms with E-state index < -0.39 is 17.5 Å². The van der Waals surface area contributed by atoms with Crippen LogP contribution in [0.25, 0.3) is 0 Å². The number of amides is 4. The third kappa shape index (κ3) is 3.70. The summed E-state index contributed by atoms with van der Waals surface area (Å²) in [6, 6.07) is 6.15. The second-order valence-electron chi connectivity index (χ2n) is 8.31. The van der Waals surface area contributed by atoms with E-state index in [1.54, 1.807) is 24.3 Å². The Labute approximate surface area is 158 Å². The van der Waals surface area contributed by atoms with Crippen LogP contribution in [0.3, 0.4) is 0 Å². The van der Waals surface area contributed by atoms with Crippen LogP contribution in [0.4, 0.5) is 10.5 Å². The lowest BCUT2D eigenvalue weighted by Gasteiger charge is -2.43. The minimum absolute atomic E-state index is 0.0395. The zero-order valence-electron chi connectivity index (χ0n) is 15.3. The van der Waals surface area contributed by atoms with Crippen molar-refractivity contribution in [2.24, 2.45) is 11.3 Å². The van der Waals surface area contributed by atoms with Crippen molar-refractivity contribution < 1.29 is 14.4 Å². The smallest absolute Gasteiger partial charge is 0.325 e. The van der Waals surface area contributed by atoms with Gasteiger partial charge < -0.3 is 10.6 Å². The zero-order valence-corrected chi connectivity index (χ0v) is 16.0. The standard InChI is InChI=1S/C19H24ClN3O3/c1-12-8-18(2,3)11-19(9-12)16(25)23(17(26)22-19)10-15(24)21-14-6-4-13(20)5-7-14/h4-7,12H,8-11H2,1-3H3,(H,21,24)(H,22,26)/t12-,19+/m1/s1. The van der Waals surface area contributed by atoms with E-state index in [1.165, 1.54) is 0 Å². The lowest BCUT2D eigenvalue weighted by atomic mass is 9.64. The highest BCUT2D eigenvalue weighted by molar-refractivity contribution is 6.30. The Morgan fingerprint density at radius 1 is 1.27 bits per heavy atom. The number of rotatable bonds is 3. The molecular weight excluding hydrogens is 354 g/mol. The summed E-state index contributed by atoms with van der Waals surface area (Å²) in [6.07, 6.45) is 2.20. The maximum Gasteiger partial charge on any atom is 0.325 e. The highest BCUT2D eigenvalue weighted by Gasteiger charge is 2.56. The summed E-state index contributed by atoms with van der Waals surface area (Å²) in [5.41, 5.74) is -0.366. The number of imide groups is 1. The van der Waals surface area contributed by atoms with Gasteiger partial charge >= 0.3 is 6.03 Å². The van der Waals surface area contributed by atoms with E-state index in [1.807, 2.05) is 0 Å². The summed E-state index contributed by atoms with van der Waals surface area (Å²) in [5.74, 6) is -0.393. The zero-order chi connectivity index (χ0) is 19.1. The topological polar surface area (TPSA) is 78.5 Å². The molecule has 2 N–H and O–H groups in total. The Bertz CT molecular complexity index is 747. The molecule has 1 aliphatic heterocycles. The number of carbonyl (C=O) groups excluding carboxylic acids is 3. The normalized spacial score (nSPS) is 27.5. The first-order valence-electron chi connectivity index (χ1n) is 8.80. The average Bonchev–Trinajstić information content (AvgIpc) is 2.71. The number of hydrogen-bond acceptors (Lipinski definition) is 3. The molecule has 2 aliphatic rings. The van der Waals surface area contributed by atoms with Gasteiger partial charge in [-0.15, -0.1) is 0 Å². The van der Waals surface area contributed by atoms with Crippen molar-refractivity contribution in [1.82, 2.24) is 10.2 Å². The molecule has 6 nitrogen and oxygen atoms in total. The van der Waals surface area contributed by atoms with Crippen molar-refractivity contribution in [3.05, 3.63) is 29.3 Å². The SMILES string of the molecule is C[C@@H]1CC(C)(C)C[C@]2(C1)NC(=O)N(CC(=O)Nc1ccc(Cl)cc1)C2=O. The summed E-state index contributed by atoms with van der Waals surface area (Å²) in [6.45, 7) is 6.02. The summed E-state index contributed by atoms with van der Waals surface area (Å²) in [4.78, 5) is 38.7. The second kappa shape index (κ2) is 6.58. The number of hydrogen-bond donors (Lipinski definition) is 2. The fourth-order valence-corrected chi connectivity index (χ4v) is 4.65. The van der Waals surface area contributed by atoms with Crippen LogP contribution >= 0.6 is 11.6 Å². The van der Waals surface area contributed by atoms with Gasteiger partial charge in [0.25, 0.3) is 5.91 Å². The van der Waals surface area contributed by atoms with Gasteiger partial charge in [-0.2, -0.15) is 0 Å². The Morgan fingerprint density at radius 2 is 1.92 bits per heavy atom. The number of benzene rings is 1. The van der Waals surface area contributed by atoms with E-state index in [-0.39, 0.29) is 17.9 Å². The second-order valence-corrected chi connectivity index (χ2v) is 8.75. The van der Waals surface area contributed by atoms with Gasteiger partial charge in [-0.3, -0.25) is 14.5 Å². The molecule has 0 unspecified atom stereocenters. The van der Waals surface area contributed by atoms with Crippen LogP contribution in [0.15, 0.2) is 24.3 Å². The van der Waals surface area contributed by atoms with Gasteiger partial charge in [-0.1, -0.05) is 32.4 Å². The molecular formula is C19H24ClN3O3. The molecule has 1 saturated heterocycles. The number of nitrogens with one attached hydrogen (secondary N) is 2. The van der Waals surface area contributed by atoms with Crippen LogP contribution in [0.5, 0.6) is 0 Å². The highest BCUT2D eigenvalue weighted by atomic mass is 35.5. The molecule has 1 saturated carbocycles. The Morgan fingerprint density at radius 3 is 2.54 bits per heavy atom. The molecule has 0 bridgehead atoms. The van der Waals surface area contributed by atoms with Gasteiger partial charge in [0.05, 0.1) is 0 Å². The first-order valence-corrected chi connectivity index (χ1v) is 9.18. The van der Waals surface area contributed by atoms with E-state index in [0.717, 1.165) is 11.3 Å². The highest BCUT2D eigenvalue weighted by Crippen LogP contribution is 2.46. The molecule has 1 aromatic rings. The lowest BCUT2D eigenvalue weighted by molar-refractivity contribution is -0.136.